The number of piperidine rings is 1. The highest BCUT2D eigenvalue weighted by atomic mass is 16.2. The first-order valence-electron chi connectivity index (χ1n) is 12.5. The van der Waals surface area contributed by atoms with Crippen LogP contribution >= 0.6 is 0 Å². The van der Waals surface area contributed by atoms with E-state index in [1.165, 1.54) is 22.3 Å². The molecule has 0 atom stereocenters. The van der Waals surface area contributed by atoms with Crippen LogP contribution in [0.4, 0.5) is 16.2 Å². The van der Waals surface area contributed by atoms with E-state index in [2.05, 4.69) is 91.7 Å². The van der Waals surface area contributed by atoms with Crippen molar-refractivity contribution in [3.05, 3.63) is 95.1 Å². The first-order valence-corrected chi connectivity index (χ1v) is 12.5. The van der Waals surface area contributed by atoms with E-state index >= 15 is 0 Å². The number of hydrogen-bond acceptors (Lipinski definition) is 2. The van der Waals surface area contributed by atoms with Gasteiger partial charge in [0, 0.05) is 29.9 Å². The summed E-state index contributed by atoms with van der Waals surface area (Å²) in [6, 6.07) is 25.5. The van der Waals surface area contributed by atoms with Crippen LogP contribution in [0, 0.1) is 6.92 Å². The zero-order valence-corrected chi connectivity index (χ0v) is 20.6. The van der Waals surface area contributed by atoms with Crippen molar-refractivity contribution in [3.63, 3.8) is 0 Å². The molecule has 1 fully saturated rings. The van der Waals surface area contributed by atoms with Crippen LogP contribution in [-0.2, 0) is 12.0 Å². The van der Waals surface area contributed by atoms with Crippen molar-refractivity contribution < 1.29 is 4.79 Å². The number of carbonyl (C=O) groups is 1. The normalized spacial score (nSPS) is 17.2. The quantitative estimate of drug-likeness (QED) is 0.477. The maximum Gasteiger partial charge on any atom is 0.326 e. The maximum absolute atomic E-state index is 13.4. The number of fused-ring (bicyclic) bond motifs is 2. The van der Waals surface area contributed by atoms with E-state index in [0.717, 1.165) is 50.4 Å². The molecule has 2 aliphatic rings. The number of nitrogens with zero attached hydrogens (tertiary/aromatic N) is 2. The van der Waals surface area contributed by atoms with Gasteiger partial charge in [-0.05, 0) is 73.7 Å². The number of urea groups is 1. The Hall–Kier alpha value is -3.11. The smallest absolute Gasteiger partial charge is 0.308 e. The average Bonchev–Trinajstić information content (AvgIpc) is 3.15. The van der Waals surface area contributed by atoms with Crippen LogP contribution in [0.15, 0.2) is 72.8 Å². The van der Waals surface area contributed by atoms with Gasteiger partial charge in [-0.15, -0.1) is 0 Å². The Labute approximate surface area is 203 Å². The number of nitrogens with one attached hydrogen (secondary N) is 1. The minimum Gasteiger partial charge on any atom is -0.308 e. The van der Waals surface area contributed by atoms with Gasteiger partial charge in [0.05, 0.1) is 0 Å². The van der Waals surface area contributed by atoms with Gasteiger partial charge >= 0.3 is 6.03 Å². The van der Waals surface area contributed by atoms with Crippen molar-refractivity contribution >= 4 is 17.4 Å². The molecule has 3 aromatic carbocycles. The van der Waals surface area contributed by atoms with Crippen molar-refractivity contribution in [2.24, 2.45) is 0 Å². The number of aryl methyl sites for hydroxylation is 1. The lowest BCUT2D eigenvalue weighted by Gasteiger charge is -2.40. The predicted molar refractivity (Wildman–Crippen MR) is 141 cm³/mol. The van der Waals surface area contributed by atoms with Crippen LogP contribution in [0.25, 0.3) is 0 Å². The summed E-state index contributed by atoms with van der Waals surface area (Å²) in [7, 11) is 0. The Morgan fingerprint density at radius 3 is 2.35 bits per heavy atom. The van der Waals surface area contributed by atoms with Gasteiger partial charge in [-0.3, -0.25) is 9.80 Å². The summed E-state index contributed by atoms with van der Waals surface area (Å²) in [6.07, 6.45) is 2.15. The number of anilines is 2. The van der Waals surface area contributed by atoms with Crippen molar-refractivity contribution in [2.45, 2.75) is 51.5 Å². The molecule has 0 saturated carbocycles. The third kappa shape index (κ3) is 4.47. The van der Waals surface area contributed by atoms with Gasteiger partial charge in [0.2, 0.25) is 0 Å². The molecule has 2 aliphatic heterocycles. The SMILES string of the molecule is Cc1ccc2c(c1)C1(CCN(Cc3ccccc3)CC1)CN2C(=O)Nc1ccc(C(C)C)cc1. The Balaban J connectivity index is 1.33. The molecule has 4 nitrogen and oxygen atoms in total. The second-order valence-corrected chi connectivity index (χ2v) is 10.4. The first kappa shape index (κ1) is 22.7. The largest absolute Gasteiger partial charge is 0.326 e. The molecule has 2 amide bonds. The molecule has 0 unspecified atom stereocenters. The number of likely N-dealkylation sites (tertiary alicyclic amines) is 1. The van der Waals surface area contributed by atoms with Gasteiger partial charge in [-0.25, -0.2) is 4.79 Å². The highest BCUT2D eigenvalue weighted by Crippen LogP contribution is 2.47. The van der Waals surface area contributed by atoms with Crippen LogP contribution in [0.5, 0.6) is 0 Å². The van der Waals surface area contributed by atoms with Gasteiger partial charge < -0.3 is 5.32 Å². The van der Waals surface area contributed by atoms with Crippen molar-refractivity contribution in [3.8, 4) is 0 Å². The highest BCUT2D eigenvalue weighted by molar-refractivity contribution is 6.03. The van der Waals surface area contributed by atoms with Gasteiger partial charge in [0.25, 0.3) is 0 Å². The molecule has 5 rings (SSSR count). The van der Waals surface area contributed by atoms with E-state index in [0.29, 0.717) is 5.92 Å². The minimum atomic E-state index is -0.0361. The summed E-state index contributed by atoms with van der Waals surface area (Å²) in [5, 5.41) is 3.15. The second-order valence-electron chi connectivity index (χ2n) is 10.4. The van der Waals surface area contributed by atoms with Crippen LogP contribution < -0.4 is 10.2 Å². The van der Waals surface area contributed by atoms with E-state index < -0.39 is 0 Å². The summed E-state index contributed by atoms with van der Waals surface area (Å²) >= 11 is 0. The molecule has 0 aliphatic carbocycles. The number of carbonyl (C=O) groups excluding carboxylic acids is 1. The summed E-state index contributed by atoms with van der Waals surface area (Å²) in [6.45, 7) is 10.4. The average molecular weight is 454 g/mol. The second kappa shape index (κ2) is 9.27. The Morgan fingerprint density at radius 2 is 1.68 bits per heavy atom. The van der Waals surface area contributed by atoms with Gasteiger partial charge in [-0.1, -0.05) is 74.0 Å². The summed E-state index contributed by atoms with van der Waals surface area (Å²) in [4.78, 5) is 17.9. The van der Waals surface area contributed by atoms with Crippen LogP contribution in [0.3, 0.4) is 0 Å². The fourth-order valence-electron chi connectivity index (χ4n) is 5.51. The molecular formula is C30H35N3O. The number of benzene rings is 3. The molecule has 1 spiro atoms. The highest BCUT2D eigenvalue weighted by Gasteiger charge is 2.46. The Morgan fingerprint density at radius 1 is 0.971 bits per heavy atom. The lowest BCUT2D eigenvalue weighted by atomic mass is 9.74. The third-order valence-corrected chi connectivity index (χ3v) is 7.61. The monoisotopic (exact) mass is 453 g/mol. The predicted octanol–water partition coefficient (Wildman–Crippen LogP) is 6.70. The molecule has 3 aromatic rings. The van der Waals surface area contributed by atoms with Crippen molar-refractivity contribution in [1.82, 2.24) is 4.90 Å². The zero-order valence-electron chi connectivity index (χ0n) is 20.6. The van der Waals surface area contributed by atoms with Crippen molar-refractivity contribution in [2.75, 3.05) is 29.9 Å². The third-order valence-electron chi connectivity index (χ3n) is 7.61. The van der Waals surface area contributed by atoms with Crippen molar-refractivity contribution in [1.29, 1.82) is 0 Å². The van der Waals surface area contributed by atoms with E-state index in [9.17, 15) is 4.79 Å². The zero-order chi connectivity index (χ0) is 23.7. The lowest BCUT2D eigenvalue weighted by Crippen LogP contribution is -2.46. The van der Waals surface area contributed by atoms with Gasteiger partial charge in [-0.2, -0.15) is 0 Å². The van der Waals surface area contributed by atoms with E-state index in [1.807, 2.05) is 17.0 Å². The Bertz CT molecular complexity index is 1150. The number of rotatable bonds is 4. The maximum atomic E-state index is 13.4. The molecule has 1 N–H and O–H groups in total. The molecule has 4 heteroatoms. The van der Waals surface area contributed by atoms with Crippen LogP contribution in [-0.4, -0.2) is 30.6 Å². The number of hydrogen-bond donors (Lipinski definition) is 1. The fraction of sp³-hybridized carbons (Fsp3) is 0.367. The summed E-state index contributed by atoms with van der Waals surface area (Å²) < 4.78 is 0. The summed E-state index contributed by atoms with van der Waals surface area (Å²) in [5.41, 5.74) is 7.20. The molecule has 176 valence electrons. The number of amides is 2. The molecule has 2 heterocycles. The van der Waals surface area contributed by atoms with E-state index in [1.54, 1.807) is 0 Å². The fourth-order valence-corrected chi connectivity index (χ4v) is 5.51. The topological polar surface area (TPSA) is 35.6 Å². The van der Waals surface area contributed by atoms with E-state index in [-0.39, 0.29) is 11.4 Å². The summed E-state index contributed by atoms with van der Waals surface area (Å²) in [5.74, 6) is 0.478. The van der Waals surface area contributed by atoms with Crippen LogP contribution in [0.1, 0.15) is 54.9 Å². The minimum absolute atomic E-state index is 0.0351. The van der Waals surface area contributed by atoms with Crippen LogP contribution in [0.2, 0.25) is 0 Å². The first-order chi connectivity index (χ1) is 16.4. The molecular weight excluding hydrogens is 418 g/mol. The van der Waals surface area contributed by atoms with Gasteiger partial charge in [0.1, 0.15) is 0 Å². The molecule has 0 radical (unpaired) electrons. The molecule has 34 heavy (non-hydrogen) atoms. The van der Waals surface area contributed by atoms with Gasteiger partial charge in [0.15, 0.2) is 0 Å². The Kier molecular flexibility index (Phi) is 6.18. The molecule has 1 saturated heterocycles. The molecule has 0 bridgehead atoms. The standard InChI is InChI=1S/C30H35N3O/c1-22(2)25-10-12-26(13-11-25)31-29(34)33-21-30(27-19-23(3)9-14-28(27)33)15-17-32(18-16-30)20-24-7-5-4-6-8-24/h4-14,19,22H,15-18,20-21H2,1-3H3,(H,31,34). The van der Waals surface area contributed by atoms with E-state index in [4.69, 9.17) is 0 Å². The lowest BCUT2D eigenvalue weighted by molar-refractivity contribution is 0.160. The molecule has 0 aromatic heterocycles.